The van der Waals surface area contributed by atoms with Crippen molar-refractivity contribution in [2.45, 2.75) is 50.5 Å². The quantitative estimate of drug-likeness (QED) is 0.900. The first-order valence-corrected chi connectivity index (χ1v) is 7.82. The van der Waals surface area contributed by atoms with Crippen molar-refractivity contribution in [2.24, 2.45) is 17.8 Å². The fraction of sp³-hybridized carbons (Fsp3) is 0.867. The van der Waals surface area contributed by atoms with Crippen LogP contribution in [0.3, 0.4) is 0 Å². The Balaban J connectivity index is 1.66. The van der Waals surface area contributed by atoms with E-state index < -0.39 is 0 Å². The van der Waals surface area contributed by atoms with Crippen molar-refractivity contribution >= 4 is 0 Å². The lowest BCUT2D eigenvalue weighted by atomic mass is 9.49. The fourth-order valence-corrected chi connectivity index (χ4v) is 5.45. The van der Waals surface area contributed by atoms with Crippen molar-refractivity contribution in [3.8, 4) is 0 Å². The number of aromatic nitrogens is 3. The van der Waals surface area contributed by atoms with Gasteiger partial charge in [0.1, 0.15) is 12.2 Å². The first-order chi connectivity index (χ1) is 9.29. The summed E-state index contributed by atoms with van der Waals surface area (Å²) in [6, 6.07) is 0. The SMILES string of the molecule is CNCCn1cnnc1C12CC3CC(CC(C3)C1)C2. The number of rotatable bonds is 4. The van der Waals surface area contributed by atoms with Gasteiger partial charge in [-0.3, -0.25) is 0 Å². The van der Waals surface area contributed by atoms with Gasteiger partial charge in [0.25, 0.3) is 0 Å². The van der Waals surface area contributed by atoms with Crippen LogP contribution in [0.15, 0.2) is 6.33 Å². The highest BCUT2D eigenvalue weighted by Gasteiger charge is 2.53. The predicted octanol–water partition coefficient (Wildman–Crippen LogP) is 1.97. The Morgan fingerprint density at radius 3 is 2.42 bits per heavy atom. The minimum atomic E-state index is 0.374. The molecule has 4 heteroatoms. The third-order valence-electron chi connectivity index (χ3n) is 5.73. The number of hydrogen-bond donors (Lipinski definition) is 1. The van der Waals surface area contributed by atoms with Crippen molar-refractivity contribution in [1.82, 2.24) is 20.1 Å². The molecule has 0 spiro atoms. The van der Waals surface area contributed by atoms with E-state index in [-0.39, 0.29) is 0 Å². The number of nitrogens with zero attached hydrogens (tertiary/aromatic N) is 3. The lowest BCUT2D eigenvalue weighted by Crippen LogP contribution is -2.49. The average molecular weight is 260 g/mol. The molecule has 0 unspecified atom stereocenters. The minimum Gasteiger partial charge on any atom is -0.318 e. The van der Waals surface area contributed by atoms with Crippen molar-refractivity contribution in [1.29, 1.82) is 0 Å². The Kier molecular flexibility index (Phi) is 2.69. The molecule has 0 aliphatic heterocycles. The van der Waals surface area contributed by atoms with Crippen molar-refractivity contribution in [3.63, 3.8) is 0 Å². The molecule has 19 heavy (non-hydrogen) atoms. The van der Waals surface area contributed by atoms with Crippen LogP contribution >= 0.6 is 0 Å². The molecule has 0 saturated heterocycles. The molecule has 0 radical (unpaired) electrons. The maximum absolute atomic E-state index is 4.54. The standard InChI is InChI=1S/C15H24N4/c1-16-2-3-19-10-17-18-14(19)15-7-11-4-12(8-15)6-13(5-11)9-15/h10-13,16H,2-9H2,1H3. The first kappa shape index (κ1) is 11.9. The Morgan fingerprint density at radius 2 is 1.84 bits per heavy atom. The van der Waals surface area contributed by atoms with Crippen LogP contribution in [0.5, 0.6) is 0 Å². The van der Waals surface area contributed by atoms with Gasteiger partial charge >= 0.3 is 0 Å². The highest BCUT2D eigenvalue weighted by atomic mass is 15.3. The monoisotopic (exact) mass is 260 g/mol. The third-order valence-corrected chi connectivity index (χ3v) is 5.73. The molecule has 4 aliphatic carbocycles. The van der Waals surface area contributed by atoms with Crippen LogP contribution in [0.4, 0.5) is 0 Å². The van der Waals surface area contributed by atoms with E-state index in [4.69, 9.17) is 0 Å². The summed E-state index contributed by atoms with van der Waals surface area (Å²) < 4.78 is 2.31. The van der Waals surface area contributed by atoms with Crippen molar-refractivity contribution < 1.29 is 0 Å². The molecule has 4 saturated carbocycles. The summed E-state index contributed by atoms with van der Waals surface area (Å²) in [7, 11) is 2.01. The van der Waals surface area contributed by atoms with Crippen LogP contribution < -0.4 is 5.32 Å². The lowest BCUT2D eigenvalue weighted by molar-refractivity contribution is -0.0111. The van der Waals surface area contributed by atoms with Crippen LogP contribution in [-0.2, 0) is 12.0 Å². The zero-order chi connectivity index (χ0) is 12.9. The van der Waals surface area contributed by atoms with Gasteiger partial charge in [-0.15, -0.1) is 10.2 Å². The van der Waals surface area contributed by atoms with E-state index in [1.54, 1.807) is 0 Å². The maximum Gasteiger partial charge on any atom is 0.139 e. The van der Waals surface area contributed by atoms with Gasteiger partial charge in [-0.1, -0.05) is 0 Å². The molecule has 4 bridgehead atoms. The molecule has 4 aliphatic rings. The second-order valence-corrected chi connectivity index (χ2v) is 7.15. The molecule has 5 rings (SSSR count). The average Bonchev–Trinajstić information content (AvgIpc) is 2.83. The second-order valence-electron chi connectivity index (χ2n) is 7.15. The van der Waals surface area contributed by atoms with E-state index in [1.807, 2.05) is 13.4 Å². The van der Waals surface area contributed by atoms with Crippen LogP contribution in [-0.4, -0.2) is 28.4 Å². The summed E-state index contributed by atoms with van der Waals surface area (Å²) in [6.45, 7) is 2.00. The molecule has 0 atom stereocenters. The van der Waals surface area contributed by atoms with Gasteiger partial charge in [-0.05, 0) is 63.3 Å². The molecule has 1 aromatic heterocycles. The zero-order valence-electron chi connectivity index (χ0n) is 11.8. The van der Waals surface area contributed by atoms with Crippen molar-refractivity contribution in [3.05, 3.63) is 12.2 Å². The molecule has 1 heterocycles. The van der Waals surface area contributed by atoms with Gasteiger partial charge in [0.15, 0.2) is 0 Å². The Morgan fingerprint density at radius 1 is 1.21 bits per heavy atom. The topological polar surface area (TPSA) is 42.7 Å². The van der Waals surface area contributed by atoms with Gasteiger partial charge in [0.2, 0.25) is 0 Å². The lowest BCUT2D eigenvalue weighted by Gasteiger charge is -2.56. The predicted molar refractivity (Wildman–Crippen MR) is 73.8 cm³/mol. The molecular weight excluding hydrogens is 236 g/mol. The Hall–Kier alpha value is -0.900. The molecule has 104 valence electrons. The summed E-state index contributed by atoms with van der Waals surface area (Å²) in [6.07, 6.45) is 10.5. The van der Waals surface area contributed by atoms with Gasteiger partial charge in [-0.2, -0.15) is 0 Å². The van der Waals surface area contributed by atoms with E-state index in [9.17, 15) is 0 Å². The fourth-order valence-electron chi connectivity index (χ4n) is 5.45. The molecule has 4 fully saturated rings. The van der Waals surface area contributed by atoms with E-state index in [0.29, 0.717) is 5.41 Å². The molecular formula is C15H24N4. The van der Waals surface area contributed by atoms with E-state index >= 15 is 0 Å². The summed E-state index contributed by atoms with van der Waals surface area (Å²) in [4.78, 5) is 0. The largest absolute Gasteiger partial charge is 0.318 e. The smallest absolute Gasteiger partial charge is 0.139 e. The minimum absolute atomic E-state index is 0.374. The van der Waals surface area contributed by atoms with Crippen LogP contribution in [0, 0.1) is 17.8 Å². The van der Waals surface area contributed by atoms with Crippen LogP contribution in [0.2, 0.25) is 0 Å². The van der Waals surface area contributed by atoms with Gasteiger partial charge in [0, 0.05) is 18.5 Å². The van der Waals surface area contributed by atoms with E-state index in [2.05, 4.69) is 20.1 Å². The van der Waals surface area contributed by atoms with Crippen molar-refractivity contribution in [2.75, 3.05) is 13.6 Å². The highest BCUT2D eigenvalue weighted by molar-refractivity contribution is 5.17. The number of hydrogen-bond acceptors (Lipinski definition) is 3. The number of nitrogens with one attached hydrogen (secondary N) is 1. The van der Waals surface area contributed by atoms with Crippen LogP contribution in [0.1, 0.15) is 44.3 Å². The first-order valence-electron chi connectivity index (χ1n) is 7.82. The van der Waals surface area contributed by atoms with E-state index in [1.165, 1.54) is 44.3 Å². The summed E-state index contributed by atoms with van der Waals surface area (Å²) in [5.74, 6) is 4.21. The highest BCUT2D eigenvalue weighted by Crippen LogP contribution is 2.60. The molecule has 1 aromatic rings. The summed E-state index contributed by atoms with van der Waals surface area (Å²) in [5, 5.41) is 12.0. The van der Waals surface area contributed by atoms with Gasteiger partial charge < -0.3 is 9.88 Å². The van der Waals surface area contributed by atoms with Gasteiger partial charge in [-0.25, -0.2) is 0 Å². The Bertz CT molecular complexity index is 429. The molecule has 4 nitrogen and oxygen atoms in total. The second kappa shape index (κ2) is 4.30. The summed E-state index contributed by atoms with van der Waals surface area (Å²) >= 11 is 0. The normalized spacial score (nSPS) is 39.9. The molecule has 0 amide bonds. The maximum atomic E-state index is 4.54. The van der Waals surface area contributed by atoms with Gasteiger partial charge in [0.05, 0.1) is 0 Å². The Labute approximate surface area is 115 Å². The number of likely N-dealkylation sites (N-methyl/N-ethyl adjacent to an activating group) is 1. The zero-order valence-corrected chi connectivity index (χ0v) is 11.8. The van der Waals surface area contributed by atoms with E-state index in [0.717, 1.165) is 30.8 Å². The van der Waals surface area contributed by atoms with Crippen LogP contribution in [0.25, 0.3) is 0 Å². The third kappa shape index (κ3) is 1.83. The molecule has 1 N–H and O–H groups in total. The summed E-state index contributed by atoms with van der Waals surface area (Å²) in [5.41, 5.74) is 0.374. The molecule has 0 aromatic carbocycles.